The Bertz CT molecular complexity index is 136. The highest BCUT2D eigenvalue weighted by molar-refractivity contribution is 5.30. The first-order valence-electron chi connectivity index (χ1n) is 2.74. The van der Waals surface area contributed by atoms with Gasteiger partial charge < -0.3 is 5.11 Å². The molecule has 0 saturated carbocycles. The summed E-state index contributed by atoms with van der Waals surface area (Å²) in [6, 6.07) is 0. The van der Waals surface area contributed by atoms with Crippen LogP contribution >= 0.6 is 0 Å². The van der Waals surface area contributed by atoms with Crippen molar-refractivity contribution >= 4 is 6.72 Å². The van der Waals surface area contributed by atoms with E-state index in [1.54, 1.807) is 12.2 Å². The fraction of sp³-hybridized carbons (Fsp3) is 0.286. The molecule has 0 aliphatic carbocycles. The SMILES string of the molecule is C=N/C(=C\C=C/C)CO. The van der Waals surface area contributed by atoms with Crippen LogP contribution in [0.1, 0.15) is 6.92 Å². The summed E-state index contributed by atoms with van der Waals surface area (Å²) >= 11 is 0. The monoisotopic (exact) mass is 125 g/mol. The van der Waals surface area contributed by atoms with Crippen LogP contribution < -0.4 is 0 Å². The lowest BCUT2D eigenvalue weighted by Gasteiger charge is -1.88. The Kier molecular flexibility index (Phi) is 4.73. The molecule has 2 heteroatoms. The molecule has 50 valence electrons. The van der Waals surface area contributed by atoms with Crippen molar-refractivity contribution in [1.82, 2.24) is 0 Å². The third kappa shape index (κ3) is 3.67. The van der Waals surface area contributed by atoms with Gasteiger partial charge in [-0.15, -0.1) is 0 Å². The number of nitrogens with zero attached hydrogens (tertiary/aromatic N) is 1. The van der Waals surface area contributed by atoms with E-state index < -0.39 is 0 Å². The Labute approximate surface area is 55.2 Å². The first-order chi connectivity index (χ1) is 4.35. The largest absolute Gasteiger partial charge is 0.390 e. The maximum absolute atomic E-state index is 8.52. The van der Waals surface area contributed by atoms with Crippen LogP contribution in [0.4, 0.5) is 0 Å². The van der Waals surface area contributed by atoms with Gasteiger partial charge in [-0.3, -0.25) is 4.99 Å². The maximum atomic E-state index is 8.52. The van der Waals surface area contributed by atoms with Crippen LogP contribution in [-0.2, 0) is 0 Å². The summed E-state index contributed by atoms with van der Waals surface area (Å²) in [5.41, 5.74) is 0.591. The van der Waals surface area contributed by atoms with Gasteiger partial charge in [0.05, 0.1) is 12.3 Å². The highest BCUT2D eigenvalue weighted by atomic mass is 16.3. The molecular weight excluding hydrogens is 114 g/mol. The summed E-state index contributed by atoms with van der Waals surface area (Å²) in [4.78, 5) is 3.55. The van der Waals surface area contributed by atoms with Gasteiger partial charge in [-0.05, 0) is 19.7 Å². The van der Waals surface area contributed by atoms with Gasteiger partial charge in [0.15, 0.2) is 0 Å². The summed E-state index contributed by atoms with van der Waals surface area (Å²) in [6.45, 7) is 5.12. The molecule has 0 unspecified atom stereocenters. The molecule has 0 aromatic heterocycles. The fourth-order valence-electron chi connectivity index (χ4n) is 0.363. The highest BCUT2D eigenvalue weighted by Gasteiger charge is 1.82. The molecule has 0 aromatic rings. The molecule has 0 fully saturated rings. The van der Waals surface area contributed by atoms with E-state index >= 15 is 0 Å². The molecule has 0 saturated heterocycles. The van der Waals surface area contributed by atoms with Crippen molar-refractivity contribution in [3.8, 4) is 0 Å². The minimum absolute atomic E-state index is 0.0478. The number of hydrogen-bond donors (Lipinski definition) is 1. The number of hydrogen-bond acceptors (Lipinski definition) is 2. The summed E-state index contributed by atoms with van der Waals surface area (Å²) in [5.74, 6) is 0. The fourth-order valence-corrected chi connectivity index (χ4v) is 0.363. The Hall–Kier alpha value is -0.890. The van der Waals surface area contributed by atoms with Crippen LogP contribution in [0, 0.1) is 0 Å². The molecule has 9 heavy (non-hydrogen) atoms. The molecule has 0 spiro atoms. The smallest absolute Gasteiger partial charge is 0.0852 e. The topological polar surface area (TPSA) is 32.6 Å². The lowest BCUT2D eigenvalue weighted by molar-refractivity contribution is 0.330. The quantitative estimate of drug-likeness (QED) is 0.445. The van der Waals surface area contributed by atoms with E-state index in [-0.39, 0.29) is 6.61 Å². The summed E-state index contributed by atoms with van der Waals surface area (Å²) in [6.07, 6.45) is 5.38. The Balaban J connectivity index is 3.90. The highest BCUT2D eigenvalue weighted by Crippen LogP contribution is 1.92. The third-order valence-corrected chi connectivity index (χ3v) is 0.846. The van der Waals surface area contributed by atoms with E-state index in [2.05, 4.69) is 11.7 Å². The van der Waals surface area contributed by atoms with Crippen molar-refractivity contribution in [2.45, 2.75) is 6.92 Å². The van der Waals surface area contributed by atoms with Crippen LogP contribution in [0.2, 0.25) is 0 Å². The van der Waals surface area contributed by atoms with Crippen LogP contribution in [-0.4, -0.2) is 18.4 Å². The van der Waals surface area contributed by atoms with Crippen molar-refractivity contribution < 1.29 is 5.11 Å². The van der Waals surface area contributed by atoms with Crippen LogP contribution in [0.15, 0.2) is 28.9 Å². The van der Waals surface area contributed by atoms with Crippen molar-refractivity contribution in [2.75, 3.05) is 6.61 Å². The third-order valence-electron chi connectivity index (χ3n) is 0.846. The Morgan fingerprint density at radius 2 is 2.44 bits per heavy atom. The Morgan fingerprint density at radius 3 is 2.78 bits per heavy atom. The zero-order chi connectivity index (χ0) is 7.11. The van der Waals surface area contributed by atoms with Gasteiger partial charge in [0.25, 0.3) is 0 Å². The van der Waals surface area contributed by atoms with Crippen LogP contribution in [0.5, 0.6) is 0 Å². The molecular formula is C7H11NO. The van der Waals surface area contributed by atoms with Gasteiger partial charge in [0.1, 0.15) is 0 Å². The van der Waals surface area contributed by atoms with Gasteiger partial charge in [-0.25, -0.2) is 0 Å². The second-order valence-corrected chi connectivity index (χ2v) is 1.50. The van der Waals surface area contributed by atoms with Gasteiger partial charge in [0, 0.05) is 0 Å². The van der Waals surface area contributed by atoms with Crippen molar-refractivity contribution in [2.24, 2.45) is 4.99 Å². The molecule has 0 bridgehead atoms. The van der Waals surface area contributed by atoms with E-state index in [1.807, 2.05) is 13.0 Å². The second-order valence-electron chi connectivity index (χ2n) is 1.50. The number of aliphatic hydroxyl groups excluding tert-OH is 1. The second kappa shape index (κ2) is 5.25. The molecule has 0 radical (unpaired) electrons. The minimum Gasteiger partial charge on any atom is -0.390 e. The number of aliphatic hydroxyl groups is 1. The molecule has 0 aliphatic rings. The standard InChI is InChI=1S/C7H11NO/c1-3-4-5-7(6-9)8-2/h3-5,9H,2,6H2,1H3/b4-3-,7-5-. The van der Waals surface area contributed by atoms with Crippen molar-refractivity contribution in [3.05, 3.63) is 23.9 Å². The zero-order valence-corrected chi connectivity index (χ0v) is 5.54. The lowest BCUT2D eigenvalue weighted by atomic mass is 10.4. The van der Waals surface area contributed by atoms with Crippen LogP contribution in [0.25, 0.3) is 0 Å². The average Bonchev–Trinajstić information content (AvgIpc) is 1.91. The molecule has 0 atom stereocenters. The normalized spacial score (nSPS) is 12.4. The molecule has 0 aliphatic heterocycles. The predicted octanol–water partition coefficient (Wildman–Crippen LogP) is 1.14. The van der Waals surface area contributed by atoms with Gasteiger partial charge in [-0.2, -0.15) is 0 Å². The summed E-state index contributed by atoms with van der Waals surface area (Å²) in [5, 5.41) is 8.52. The molecule has 0 aromatic carbocycles. The van der Waals surface area contributed by atoms with Crippen molar-refractivity contribution in [1.29, 1.82) is 0 Å². The van der Waals surface area contributed by atoms with Gasteiger partial charge in [-0.1, -0.05) is 12.2 Å². The molecule has 0 rings (SSSR count). The summed E-state index contributed by atoms with van der Waals surface area (Å²) < 4.78 is 0. The number of aliphatic imine (C=N–C) groups is 1. The molecule has 0 amide bonds. The lowest BCUT2D eigenvalue weighted by Crippen LogP contribution is -1.83. The van der Waals surface area contributed by atoms with E-state index in [9.17, 15) is 0 Å². The first-order valence-corrected chi connectivity index (χ1v) is 2.74. The van der Waals surface area contributed by atoms with Gasteiger partial charge >= 0.3 is 0 Å². The van der Waals surface area contributed by atoms with Crippen LogP contribution in [0.3, 0.4) is 0 Å². The number of allylic oxidation sites excluding steroid dienone is 3. The molecule has 2 nitrogen and oxygen atoms in total. The zero-order valence-electron chi connectivity index (χ0n) is 5.54. The Morgan fingerprint density at radius 1 is 1.78 bits per heavy atom. The number of rotatable bonds is 3. The van der Waals surface area contributed by atoms with Gasteiger partial charge in [0.2, 0.25) is 0 Å². The minimum atomic E-state index is -0.0478. The summed E-state index contributed by atoms with van der Waals surface area (Å²) in [7, 11) is 0. The van der Waals surface area contributed by atoms with Crippen molar-refractivity contribution in [3.63, 3.8) is 0 Å². The van der Waals surface area contributed by atoms with E-state index in [0.717, 1.165) is 0 Å². The van der Waals surface area contributed by atoms with E-state index in [4.69, 9.17) is 5.11 Å². The van der Waals surface area contributed by atoms with E-state index in [1.165, 1.54) is 0 Å². The molecule has 0 heterocycles. The average molecular weight is 125 g/mol. The predicted molar refractivity (Wildman–Crippen MR) is 39.5 cm³/mol. The first kappa shape index (κ1) is 8.11. The maximum Gasteiger partial charge on any atom is 0.0852 e. The van der Waals surface area contributed by atoms with E-state index in [0.29, 0.717) is 5.70 Å². The molecule has 1 N–H and O–H groups in total.